The highest BCUT2D eigenvalue weighted by Crippen LogP contribution is 2.30. The zero-order chi connectivity index (χ0) is 35.1. The molecule has 1 heterocycles. The molecule has 0 aliphatic carbocycles. The molecule has 0 aliphatic heterocycles. The van der Waals surface area contributed by atoms with E-state index in [1.165, 1.54) is 56.4 Å². The van der Waals surface area contributed by atoms with Crippen LogP contribution in [-0.4, -0.2) is 68.3 Å². The van der Waals surface area contributed by atoms with Crippen molar-refractivity contribution in [2.75, 3.05) is 44.1 Å². The van der Waals surface area contributed by atoms with E-state index in [0.29, 0.717) is 29.4 Å². The van der Waals surface area contributed by atoms with Gasteiger partial charge in [-0.25, -0.2) is 22.6 Å². The summed E-state index contributed by atoms with van der Waals surface area (Å²) in [6, 6.07) is 15.8. The van der Waals surface area contributed by atoms with Gasteiger partial charge in [-0.15, -0.1) is 12.8 Å². The fraction of sp³-hybridized carbons (Fsp3) is 0.265. The first-order valence-corrected chi connectivity index (χ1v) is 16.0. The SMILES string of the molecule is C#C.CCCN(C(=O)CNc1ccc2c(N)nccc2c1)[C@H](C(=O)O)c1ccccc1S(=O)(=O)CC.COc1ccc(F)cc1OC. The summed E-state index contributed by atoms with van der Waals surface area (Å²) < 4.78 is 47.5. The number of fused-ring (bicyclic) bond motifs is 1. The quantitative estimate of drug-likeness (QED) is 0.172. The van der Waals surface area contributed by atoms with Crippen molar-refractivity contribution in [3.05, 3.63) is 84.3 Å². The van der Waals surface area contributed by atoms with E-state index in [1.54, 1.807) is 36.5 Å². The highest BCUT2D eigenvalue weighted by atomic mass is 32.2. The lowest BCUT2D eigenvalue weighted by molar-refractivity contribution is -0.150. The lowest BCUT2D eigenvalue weighted by atomic mass is 10.0. The number of nitrogens with two attached hydrogens (primary N) is 1. The van der Waals surface area contributed by atoms with Crippen LogP contribution in [0.3, 0.4) is 0 Å². The molecule has 4 N–H and O–H groups in total. The van der Waals surface area contributed by atoms with Gasteiger partial charge in [0.25, 0.3) is 0 Å². The minimum absolute atomic E-state index is 0.0762. The molecule has 0 unspecified atom stereocenters. The molecule has 11 nitrogen and oxygen atoms in total. The van der Waals surface area contributed by atoms with E-state index in [0.717, 1.165) is 10.8 Å². The van der Waals surface area contributed by atoms with Crippen LogP contribution in [0.5, 0.6) is 11.5 Å². The third-order valence-electron chi connectivity index (χ3n) is 6.84. The van der Waals surface area contributed by atoms with Gasteiger partial charge in [0.15, 0.2) is 27.4 Å². The predicted octanol–water partition coefficient (Wildman–Crippen LogP) is 5.18. The fourth-order valence-electron chi connectivity index (χ4n) is 4.62. The van der Waals surface area contributed by atoms with Gasteiger partial charge < -0.3 is 30.5 Å². The third kappa shape index (κ3) is 9.82. The summed E-state index contributed by atoms with van der Waals surface area (Å²) >= 11 is 0. The highest BCUT2D eigenvalue weighted by molar-refractivity contribution is 7.91. The van der Waals surface area contributed by atoms with Crippen LogP contribution in [0.1, 0.15) is 31.9 Å². The second-order valence-corrected chi connectivity index (χ2v) is 12.0. The molecule has 3 aromatic carbocycles. The molecule has 250 valence electrons. The predicted molar refractivity (Wildman–Crippen MR) is 181 cm³/mol. The number of ether oxygens (including phenoxy) is 2. The Bertz CT molecular complexity index is 1800. The molecule has 0 aliphatic rings. The number of anilines is 2. The maximum absolute atomic E-state index is 13.2. The molecule has 4 aromatic rings. The molecule has 13 heteroatoms. The number of sulfone groups is 1. The van der Waals surface area contributed by atoms with Gasteiger partial charge in [0.2, 0.25) is 5.91 Å². The van der Waals surface area contributed by atoms with Crippen LogP contribution >= 0.6 is 0 Å². The summed E-state index contributed by atoms with van der Waals surface area (Å²) in [5, 5.41) is 14.7. The number of hydrogen-bond acceptors (Lipinski definition) is 9. The first kappa shape index (κ1) is 37.8. The van der Waals surface area contributed by atoms with E-state index in [4.69, 9.17) is 15.2 Å². The van der Waals surface area contributed by atoms with E-state index in [2.05, 4.69) is 23.1 Å². The number of nitrogens with zero attached hydrogens (tertiary/aromatic N) is 2. The van der Waals surface area contributed by atoms with E-state index in [-0.39, 0.29) is 35.1 Å². The number of aliphatic carboxylic acids is 1. The second-order valence-electron chi connectivity index (χ2n) is 9.75. The number of carbonyl (C=O) groups excluding carboxylic acids is 1. The van der Waals surface area contributed by atoms with Crippen molar-refractivity contribution < 1.29 is 37.0 Å². The molecule has 0 spiro atoms. The van der Waals surface area contributed by atoms with Gasteiger partial charge in [0.1, 0.15) is 11.6 Å². The zero-order valence-electron chi connectivity index (χ0n) is 26.6. The number of rotatable bonds is 12. The normalized spacial score (nSPS) is 11.1. The summed E-state index contributed by atoms with van der Waals surface area (Å²) in [5.74, 6) is -0.924. The summed E-state index contributed by atoms with van der Waals surface area (Å²) in [6.07, 6.45) is 10.1. The maximum Gasteiger partial charge on any atom is 0.331 e. The van der Waals surface area contributed by atoms with Crippen molar-refractivity contribution in [2.24, 2.45) is 0 Å². The number of aromatic nitrogens is 1. The number of carboxylic acids is 1. The summed E-state index contributed by atoms with van der Waals surface area (Å²) in [6.45, 7) is 3.30. The molecule has 1 atom stereocenters. The number of halogens is 1. The van der Waals surface area contributed by atoms with Gasteiger partial charge in [0, 0.05) is 35.4 Å². The third-order valence-corrected chi connectivity index (χ3v) is 8.65. The first-order valence-electron chi connectivity index (χ1n) is 14.4. The van der Waals surface area contributed by atoms with Crippen LogP contribution in [0.4, 0.5) is 15.9 Å². The number of benzene rings is 3. The van der Waals surface area contributed by atoms with Gasteiger partial charge in [-0.3, -0.25) is 4.79 Å². The molecule has 0 saturated carbocycles. The summed E-state index contributed by atoms with van der Waals surface area (Å²) in [5.41, 5.74) is 6.61. The number of hydrogen-bond donors (Lipinski definition) is 3. The molecule has 4 rings (SSSR count). The highest BCUT2D eigenvalue weighted by Gasteiger charge is 2.34. The number of nitrogens with one attached hydrogen (secondary N) is 1. The molecule has 0 saturated heterocycles. The average molecular weight is 667 g/mol. The standard InChI is InChI=1S/C24H28N4O5S.C8H9FO2.C2H2/c1-3-13-28(22(24(30)31)19-7-5-6-8-20(19)34(32,33)4-2)21(29)15-27-17-9-10-18-16(14-17)11-12-26-23(18)25;1-10-7-4-3-6(9)5-8(7)11-2;1-2/h5-12,14,22,27H,3-4,13,15H2,1-2H3,(H2,25,26)(H,30,31);3-5H,1-2H3;1-2H/t22-;;/m0../s1. The van der Waals surface area contributed by atoms with Crippen molar-refractivity contribution in [1.29, 1.82) is 0 Å². The Morgan fingerprint density at radius 3 is 2.32 bits per heavy atom. The van der Waals surface area contributed by atoms with Crippen LogP contribution in [0, 0.1) is 18.7 Å². The average Bonchev–Trinajstić information content (AvgIpc) is 3.08. The Balaban J connectivity index is 0.000000496. The number of carboxylic acid groups (broad SMARTS) is 1. The number of terminal acetylenes is 1. The lowest BCUT2D eigenvalue weighted by Gasteiger charge is -2.30. The summed E-state index contributed by atoms with van der Waals surface area (Å²) in [7, 11) is -0.714. The Hall–Kier alpha value is -5.35. The van der Waals surface area contributed by atoms with E-state index < -0.39 is 27.8 Å². The molecule has 47 heavy (non-hydrogen) atoms. The lowest BCUT2D eigenvalue weighted by Crippen LogP contribution is -2.42. The van der Waals surface area contributed by atoms with Gasteiger partial charge >= 0.3 is 5.97 Å². The van der Waals surface area contributed by atoms with Crippen LogP contribution in [0.2, 0.25) is 0 Å². The molecule has 0 radical (unpaired) electrons. The molecule has 0 bridgehead atoms. The number of amides is 1. The van der Waals surface area contributed by atoms with Gasteiger partial charge in [-0.2, -0.15) is 0 Å². The van der Waals surface area contributed by atoms with E-state index in [1.807, 2.05) is 13.0 Å². The minimum atomic E-state index is -3.69. The van der Waals surface area contributed by atoms with Crippen LogP contribution in [0.15, 0.2) is 77.8 Å². The fourth-order valence-corrected chi connectivity index (χ4v) is 5.75. The zero-order valence-corrected chi connectivity index (χ0v) is 27.5. The molecule has 0 fully saturated rings. The molecular weight excluding hydrogens is 627 g/mol. The second kappa shape index (κ2) is 18.0. The van der Waals surface area contributed by atoms with Crippen molar-refractivity contribution in [3.8, 4) is 24.3 Å². The van der Waals surface area contributed by atoms with Crippen LogP contribution < -0.4 is 20.5 Å². The smallest absolute Gasteiger partial charge is 0.331 e. The number of carbonyl (C=O) groups is 2. The molecular formula is C34H39FN4O7S. The topological polar surface area (TPSA) is 161 Å². The Kier molecular flexibility index (Phi) is 14.5. The van der Waals surface area contributed by atoms with Gasteiger partial charge in [0.05, 0.1) is 31.4 Å². The first-order chi connectivity index (χ1) is 22.5. The maximum atomic E-state index is 13.2. The van der Waals surface area contributed by atoms with Crippen molar-refractivity contribution in [1.82, 2.24) is 9.88 Å². The Labute approximate surface area is 274 Å². The Morgan fingerprint density at radius 2 is 1.70 bits per heavy atom. The van der Waals surface area contributed by atoms with Crippen molar-refractivity contribution >= 4 is 44.0 Å². The van der Waals surface area contributed by atoms with Crippen LogP contribution in [0.25, 0.3) is 10.8 Å². The minimum Gasteiger partial charge on any atom is -0.493 e. The number of pyridine rings is 1. The number of methoxy groups -OCH3 is 2. The molecule has 1 aromatic heterocycles. The Morgan fingerprint density at radius 1 is 1.02 bits per heavy atom. The van der Waals surface area contributed by atoms with E-state index >= 15 is 0 Å². The van der Waals surface area contributed by atoms with Crippen molar-refractivity contribution in [2.45, 2.75) is 31.2 Å². The largest absolute Gasteiger partial charge is 0.493 e. The number of nitrogen functional groups attached to an aromatic ring is 1. The summed E-state index contributed by atoms with van der Waals surface area (Å²) in [4.78, 5) is 30.7. The molecule has 1 amide bonds. The van der Waals surface area contributed by atoms with Gasteiger partial charge in [-0.1, -0.05) is 32.0 Å². The monoisotopic (exact) mass is 666 g/mol. The van der Waals surface area contributed by atoms with Crippen molar-refractivity contribution in [3.63, 3.8) is 0 Å². The van der Waals surface area contributed by atoms with E-state index in [9.17, 15) is 27.5 Å². The van der Waals surface area contributed by atoms with Crippen LogP contribution in [-0.2, 0) is 19.4 Å². The van der Waals surface area contributed by atoms with Gasteiger partial charge in [-0.05, 0) is 54.3 Å².